The fraction of sp³-hybridized carbons (Fsp3) is 0.400. The zero-order valence-corrected chi connectivity index (χ0v) is 9.48. The molecule has 0 radical (unpaired) electrons. The van der Waals surface area contributed by atoms with Crippen LogP contribution >= 0.6 is 11.3 Å². The zero-order chi connectivity index (χ0) is 11.4. The fourth-order valence-corrected chi connectivity index (χ4v) is 2.47. The number of rotatable bonds is 3. The molecule has 1 fully saturated rings. The van der Waals surface area contributed by atoms with Crippen molar-refractivity contribution in [3.63, 3.8) is 0 Å². The van der Waals surface area contributed by atoms with Crippen molar-refractivity contribution in [3.8, 4) is 0 Å². The van der Waals surface area contributed by atoms with Gasteiger partial charge in [0.2, 0.25) is 6.20 Å². The molecule has 86 valence electrons. The van der Waals surface area contributed by atoms with Gasteiger partial charge in [0.15, 0.2) is 0 Å². The smallest absolute Gasteiger partial charge is 0.235 e. The first-order valence-electron chi connectivity index (χ1n) is 5.00. The largest absolute Gasteiger partial charge is 0.378 e. The molecule has 1 aliphatic heterocycles. The molecule has 0 aliphatic carbocycles. The van der Waals surface area contributed by atoms with Crippen LogP contribution in [-0.2, 0) is 4.74 Å². The summed E-state index contributed by atoms with van der Waals surface area (Å²) in [7, 11) is 0. The van der Waals surface area contributed by atoms with Crippen LogP contribution in [-0.4, -0.2) is 31.2 Å². The minimum Gasteiger partial charge on any atom is -0.378 e. The first-order chi connectivity index (χ1) is 7.75. The molecule has 0 amide bonds. The molecule has 0 atom stereocenters. The lowest BCUT2D eigenvalue weighted by atomic mass is 10.4. The Labute approximate surface area is 97.1 Å². The molecule has 1 aliphatic rings. The van der Waals surface area contributed by atoms with Crippen LogP contribution in [0.2, 0.25) is 0 Å². The van der Waals surface area contributed by atoms with Gasteiger partial charge in [-0.05, 0) is 12.1 Å². The number of nitrogens with zero attached hydrogens (tertiary/aromatic N) is 2. The summed E-state index contributed by atoms with van der Waals surface area (Å²) in [4.78, 5) is 12.9. The maximum absolute atomic E-state index is 10.2. The van der Waals surface area contributed by atoms with Gasteiger partial charge in [-0.1, -0.05) is 0 Å². The Balaban J connectivity index is 2.03. The third-order valence-corrected chi connectivity index (χ3v) is 3.41. The highest BCUT2D eigenvalue weighted by molar-refractivity contribution is 7.16. The molecule has 6 heteroatoms. The minimum absolute atomic E-state index is 0.450. The van der Waals surface area contributed by atoms with E-state index in [-0.39, 0.29) is 0 Å². The monoisotopic (exact) mass is 240 g/mol. The molecule has 1 saturated heterocycles. The molecule has 16 heavy (non-hydrogen) atoms. The Kier molecular flexibility index (Phi) is 3.53. The molecule has 0 spiro atoms. The summed E-state index contributed by atoms with van der Waals surface area (Å²) >= 11 is 1.56. The van der Waals surface area contributed by atoms with Crippen LogP contribution in [0.3, 0.4) is 0 Å². The molecule has 1 aromatic heterocycles. The lowest BCUT2D eigenvalue weighted by Gasteiger charge is -2.27. The van der Waals surface area contributed by atoms with Crippen LogP contribution in [0.5, 0.6) is 0 Å². The normalized spacial score (nSPS) is 16.9. The van der Waals surface area contributed by atoms with Gasteiger partial charge in [-0.3, -0.25) is 10.1 Å². The van der Waals surface area contributed by atoms with Crippen LogP contribution in [0.1, 0.15) is 4.88 Å². The van der Waals surface area contributed by atoms with Gasteiger partial charge in [-0.2, -0.15) is 0 Å². The Morgan fingerprint density at radius 3 is 2.88 bits per heavy atom. The summed E-state index contributed by atoms with van der Waals surface area (Å²) in [6, 6.07) is 3.89. The Hall–Kier alpha value is -1.40. The molecule has 2 heterocycles. The quantitative estimate of drug-likeness (QED) is 0.597. The van der Waals surface area contributed by atoms with E-state index in [2.05, 4.69) is 4.90 Å². The highest BCUT2D eigenvalue weighted by Gasteiger charge is 2.12. The first-order valence-corrected chi connectivity index (χ1v) is 5.81. The van der Waals surface area contributed by atoms with Crippen molar-refractivity contribution >= 4 is 22.4 Å². The fourth-order valence-electron chi connectivity index (χ4n) is 1.52. The van der Waals surface area contributed by atoms with Gasteiger partial charge in [0.05, 0.1) is 23.1 Å². The maximum atomic E-state index is 10.2. The second-order valence-electron chi connectivity index (χ2n) is 3.38. The van der Waals surface area contributed by atoms with E-state index in [0.717, 1.165) is 42.4 Å². The summed E-state index contributed by atoms with van der Waals surface area (Å²) in [5, 5.41) is 11.3. The van der Waals surface area contributed by atoms with E-state index in [4.69, 9.17) is 4.74 Å². The predicted molar refractivity (Wildman–Crippen MR) is 63.4 cm³/mol. The molecule has 0 N–H and O–H groups in total. The number of anilines is 1. The van der Waals surface area contributed by atoms with Crippen molar-refractivity contribution in [2.24, 2.45) is 0 Å². The number of ether oxygens (including phenoxy) is 1. The van der Waals surface area contributed by atoms with Crippen LogP contribution in [0, 0.1) is 10.1 Å². The van der Waals surface area contributed by atoms with Crippen molar-refractivity contribution in [2.75, 3.05) is 31.2 Å². The standard InChI is InChI=1S/C10H12N2O3S/c13-12(14)4-3-9-1-2-10(16-9)11-5-7-15-8-6-11/h1-4H,5-8H2/b4-3+. The van der Waals surface area contributed by atoms with Crippen LogP contribution < -0.4 is 4.90 Å². The van der Waals surface area contributed by atoms with Crippen molar-refractivity contribution in [1.29, 1.82) is 0 Å². The number of morpholine rings is 1. The minimum atomic E-state index is -0.450. The molecule has 0 saturated carbocycles. The van der Waals surface area contributed by atoms with Gasteiger partial charge in [-0.15, -0.1) is 11.3 Å². The van der Waals surface area contributed by atoms with Gasteiger partial charge >= 0.3 is 0 Å². The van der Waals surface area contributed by atoms with E-state index < -0.39 is 4.92 Å². The predicted octanol–water partition coefficient (Wildman–Crippen LogP) is 1.83. The van der Waals surface area contributed by atoms with Gasteiger partial charge in [0.25, 0.3) is 0 Å². The maximum Gasteiger partial charge on any atom is 0.235 e. The van der Waals surface area contributed by atoms with Gasteiger partial charge < -0.3 is 9.64 Å². The molecule has 0 unspecified atom stereocenters. The van der Waals surface area contributed by atoms with Gasteiger partial charge in [0.1, 0.15) is 0 Å². The summed E-state index contributed by atoms with van der Waals surface area (Å²) in [6.45, 7) is 3.27. The summed E-state index contributed by atoms with van der Waals surface area (Å²) < 4.78 is 5.27. The number of thiophene rings is 1. The third-order valence-electron chi connectivity index (χ3n) is 2.30. The number of hydrogen-bond acceptors (Lipinski definition) is 5. The van der Waals surface area contributed by atoms with E-state index >= 15 is 0 Å². The Morgan fingerprint density at radius 1 is 1.44 bits per heavy atom. The van der Waals surface area contributed by atoms with Crippen molar-refractivity contribution in [3.05, 3.63) is 33.3 Å². The first kappa shape index (κ1) is 11.1. The SMILES string of the molecule is O=[N+]([O-])/C=C/c1ccc(N2CCOCC2)s1. The molecular weight excluding hydrogens is 228 g/mol. The highest BCUT2D eigenvalue weighted by Crippen LogP contribution is 2.27. The van der Waals surface area contributed by atoms with Crippen LogP contribution in [0.15, 0.2) is 18.3 Å². The topological polar surface area (TPSA) is 55.6 Å². The van der Waals surface area contributed by atoms with Gasteiger partial charge in [0, 0.05) is 24.0 Å². The summed E-state index contributed by atoms with van der Waals surface area (Å²) in [6.07, 6.45) is 2.49. The van der Waals surface area contributed by atoms with Crippen molar-refractivity contribution in [1.82, 2.24) is 0 Å². The second kappa shape index (κ2) is 5.09. The Morgan fingerprint density at radius 2 is 2.19 bits per heavy atom. The molecule has 5 nitrogen and oxygen atoms in total. The number of nitro groups is 1. The summed E-state index contributed by atoms with van der Waals surface area (Å²) in [5.74, 6) is 0. The van der Waals surface area contributed by atoms with Crippen LogP contribution in [0.25, 0.3) is 6.08 Å². The molecule has 0 aromatic carbocycles. The summed E-state index contributed by atoms with van der Waals surface area (Å²) in [5.41, 5.74) is 0. The molecule has 2 rings (SSSR count). The van der Waals surface area contributed by atoms with E-state index in [1.807, 2.05) is 12.1 Å². The van der Waals surface area contributed by atoms with E-state index in [1.165, 1.54) is 6.08 Å². The highest BCUT2D eigenvalue weighted by atomic mass is 32.1. The lowest BCUT2D eigenvalue weighted by molar-refractivity contribution is -0.400. The van der Waals surface area contributed by atoms with E-state index in [0.29, 0.717) is 0 Å². The number of hydrogen-bond donors (Lipinski definition) is 0. The van der Waals surface area contributed by atoms with E-state index in [1.54, 1.807) is 11.3 Å². The lowest BCUT2D eigenvalue weighted by Crippen LogP contribution is -2.35. The molecule has 0 bridgehead atoms. The zero-order valence-electron chi connectivity index (χ0n) is 8.67. The Bertz CT molecular complexity index is 397. The second-order valence-corrected chi connectivity index (χ2v) is 4.47. The molecule has 1 aromatic rings. The third kappa shape index (κ3) is 2.80. The van der Waals surface area contributed by atoms with Crippen molar-refractivity contribution < 1.29 is 9.66 Å². The average molecular weight is 240 g/mol. The average Bonchev–Trinajstić information content (AvgIpc) is 2.76. The van der Waals surface area contributed by atoms with E-state index in [9.17, 15) is 10.1 Å². The molecular formula is C10H12N2O3S. The van der Waals surface area contributed by atoms with Gasteiger partial charge in [-0.25, -0.2) is 0 Å². The van der Waals surface area contributed by atoms with Crippen LogP contribution in [0.4, 0.5) is 5.00 Å². The van der Waals surface area contributed by atoms with Crippen molar-refractivity contribution in [2.45, 2.75) is 0 Å².